The zero-order valence-corrected chi connectivity index (χ0v) is 23.0. The molecule has 1 aliphatic rings. The molecule has 1 saturated heterocycles. The van der Waals surface area contributed by atoms with E-state index in [0.717, 1.165) is 4.31 Å². The van der Waals surface area contributed by atoms with Gasteiger partial charge in [-0.3, -0.25) is 19.9 Å². The highest BCUT2D eigenvalue weighted by molar-refractivity contribution is 7.93. The zero-order chi connectivity index (χ0) is 28.0. The van der Waals surface area contributed by atoms with Crippen molar-refractivity contribution in [1.82, 2.24) is 4.90 Å². The second-order valence-corrected chi connectivity index (χ2v) is 11.5. The minimum atomic E-state index is -4.29. The van der Waals surface area contributed by atoms with Crippen LogP contribution < -0.4 is 14.8 Å². The molecule has 0 bridgehead atoms. The lowest BCUT2D eigenvalue weighted by Crippen LogP contribution is -2.40. The van der Waals surface area contributed by atoms with Crippen molar-refractivity contribution in [3.8, 4) is 5.75 Å². The molecule has 5 N–H and O–H groups in total. The molecular formula is C25H29Cl2N5O5S. The number of ether oxygens (including phenoxy) is 1. The van der Waals surface area contributed by atoms with Gasteiger partial charge >= 0.3 is 5.97 Å². The number of carboxylic acids is 1. The number of carbonyl (C=O) groups is 1. The van der Waals surface area contributed by atoms with Gasteiger partial charge in [0, 0.05) is 31.5 Å². The van der Waals surface area contributed by atoms with Gasteiger partial charge in [-0.2, -0.15) is 0 Å². The lowest BCUT2D eigenvalue weighted by Gasteiger charge is -2.33. The minimum Gasteiger partial charge on any atom is -0.487 e. The van der Waals surface area contributed by atoms with Crippen LogP contribution in [0.5, 0.6) is 5.75 Å². The van der Waals surface area contributed by atoms with Crippen LogP contribution in [0.4, 0.5) is 5.69 Å². The Morgan fingerprint density at radius 2 is 1.84 bits per heavy atom. The van der Waals surface area contributed by atoms with Gasteiger partial charge in [-0.05, 0) is 30.7 Å². The van der Waals surface area contributed by atoms with Crippen molar-refractivity contribution in [2.24, 2.45) is 5.73 Å². The van der Waals surface area contributed by atoms with Crippen molar-refractivity contribution in [2.45, 2.75) is 25.9 Å². The summed E-state index contributed by atoms with van der Waals surface area (Å²) in [5.74, 6) is -2.02. The molecule has 10 nitrogen and oxygen atoms in total. The molecule has 1 aliphatic heterocycles. The molecule has 0 saturated carbocycles. The summed E-state index contributed by atoms with van der Waals surface area (Å²) in [5.41, 5.74) is 6.80. The van der Waals surface area contributed by atoms with Gasteiger partial charge in [-0.25, -0.2) is 8.42 Å². The van der Waals surface area contributed by atoms with Gasteiger partial charge in [-0.15, -0.1) is 0 Å². The Morgan fingerprint density at radius 3 is 2.39 bits per heavy atom. The molecule has 0 atom stereocenters. The second-order valence-electron chi connectivity index (χ2n) is 8.75. The Labute approximate surface area is 231 Å². The fraction of sp³-hybridized carbons (Fsp3) is 0.320. The number of amidine groups is 2. The third kappa shape index (κ3) is 7.62. The van der Waals surface area contributed by atoms with Gasteiger partial charge in [0.1, 0.15) is 11.9 Å². The van der Waals surface area contributed by atoms with E-state index in [2.05, 4.69) is 0 Å². The number of nitrogens with one attached hydrogen (secondary N) is 2. The number of anilines is 1. The third-order valence-electron chi connectivity index (χ3n) is 5.89. The van der Waals surface area contributed by atoms with E-state index in [1.165, 1.54) is 12.1 Å². The van der Waals surface area contributed by atoms with Crippen LogP contribution in [-0.4, -0.2) is 67.6 Å². The zero-order valence-electron chi connectivity index (χ0n) is 20.7. The van der Waals surface area contributed by atoms with E-state index in [1.54, 1.807) is 43.3 Å². The highest BCUT2D eigenvalue weighted by Gasteiger charge is 2.28. The molecule has 3 rings (SSSR count). The lowest BCUT2D eigenvalue weighted by atomic mass is 10.1. The van der Waals surface area contributed by atoms with Crippen molar-refractivity contribution in [1.29, 1.82) is 10.8 Å². The maximum atomic E-state index is 13.0. The molecule has 0 radical (unpaired) electrons. The first kappa shape index (κ1) is 29.3. The molecule has 1 fully saturated rings. The quantitative estimate of drug-likeness (QED) is 0.243. The summed E-state index contributed by atoms with van der Waals surface area (Å²) in [6.45, 7) is 2.86. The van der Waals surface area contributed by atoms with Crippen LogP contribution in [0.2, 0.25) is 10.0 Å². The van der Waals surface area contributed by atoms with Crippen LogP contribution in [-0.2, 0) is 14.8 Å². The standard InChI is InChI=1S/C25H29Cl2N5O5S/c1-16(28)31-10-7-20(8-11-31)37-24-21(26)13-19(14-22(24)27)32(38(35,36)15-23(33)34)9-3-5-17-4-2-6-18(12-17)25(29)30/h2-6,12-14,20,28H,7-11,15H2,1H3,(H3,29,30)(H,33,34). The number of piperidine rings is 1. The smallest absolute Gasteiger partial charge is 0.320 e. The van der Waals surface area contributed by atoms with Gasteiger partial charge in [0.25, 0.3) is 0 Å². The Bertz CT molecular complexity index is 1330. The van der Waals surface area contributed by atoms with Crippen molar-refractivity contribution in [3.05, 3.63) is 63.6 Å². The molecule has 0 spiro atoms. The monoisotopic (exact) mass is 581 g/mol. The molecule has 13 heteroatoms. The first-order valence-corrected chi connectivity index (χ1v) is 14.0. The molecule has 2 aromatic carbocycles. The first-order chi connectivity index (χ1) is 17.9. The van der Waals surface area contributed by atoms with Crippen molar-refractivity contribution < 1.29 is 23.1 Å². The summed E-state index contributed by atoms with van der Waals surface area (Å²) in [7, 11) is -4.29. The normalized spacial score (nSPS) is 14.4. The van der Waals surface area contributed by atoms with E-state index in [4.69, 9.17) is 44.5 Å². The Balaban J connectivity index is 1.86. The Hall–Kier alpha value is -3.28. The van der Waals surface area contributed by atoms with E-state index < -0.39 is 21.7 Å². The number of nitrogens with zero attached hydrogens (tertiary/aromatic N) is 2. The average molecular weight is 583 g/mol. The van der Waals surface area contributed by atoms with Crippen LogP contribution in [0.3, 0.4) is 0 Å². The SMILES string of the molecule is CC(=N)N1CCC(Oc2c(Cl)cc(N(CC=Cc3cccc(C(=N)N)c3)S(=O)(=O)CC(=O)O)cc2Cl)CC1. The number of hydrogen-bond acceptors (Lipinski definition) is 6. The number of halogens is 2. The van der Waals surface area contributed by atoms with Crippen molar-refractivity contribution >= 4 is 62.6 Å². The van der Waals surface area contributed by atoms with E-state index >= 15 is 0 Å². The number of rotatable bonds is 10. The largest absolute Gasteiger partial charge is 0.487 e. The average Bonchev–Trinajstić information content (AvgIpc) is 2.83. The summed E-state index contributed by atoms with van der Waals surface area (Å²) in [6, 6.07) is 9.57. The van der Waals surface area contributed by atoms with Gasteiger partial charge in [0.15, 0.2) is 11.5 Å². The number of nitrogen functional groups attached to an aromatic ring is 1. The molecule has 0 aromatic heterocycles. The number of nitrogens with two attached hydrogens (primary N) is 1. The van der Waals surface area contributed by atoms with Crippen LogP contribution in [0.25, 0.3) is 6.08 Å². The topological polar surface area (TPSA) is 161 Å². The highest BCUT2D eigenvalue weighted by Crippen LogP contribution is 2.39. The van der Waals surface area contributed by atoms with Crippen molar-refractivity contribution in [3.63, 3.8) is 0 Å². The van der Waals surface area contributed by atoms with Crippen LogP contribution in [0, 0.1) is 10.8 Å². The first-order valence-electron chi connectivity index (χ1n) is 11.7. The van der Waals surface area contributed by atoms with E-state index in [-0.39, 0.29) is 40.0 Å². The van der Waals surface area contributed by atoms with E-state index in [9.17, 15) is 18.3 Å². The number of likely N-dealkylation sites (tertiary alicyclic amines) is 1. The van der Waals surface area contributed by atoms with Gasteiger partial charge < -0.3 is 20.5 Å². The molecule has 1 heterocycles. The minimum absolute atomic E-state index is 0.0880. The summed E-state index contributed by atoms with van der Waals surface area (Å²) < 4.78 is 32.9. The number of sulfonamides is 1. The molecule has 0 aliphatic carbocycles. The lowest BCUT2D eigenvalue weighted by molar-refractivity contribution is -0.134. The number of carboxylic acid groups (broad SMARTS) is 1. The summed E-state index contributed by atoms with van der Waals surface area (Å²) in [5, 5.41) is 24.7. The second kappa shape index (κ2) is 12.5. The molecule has 204 valence electrons. The van der Waals surface area contributed by atoms with Crippen LogP contribution in [0.1, 0.15) is 30.9 Å². The highest BCUT2D eigenvalue weighted by atomic mass is 35.5. The Kier molecular flexibility index (Phi) is 9.64. The van der Waals surface area contributed by atoms with Gasteiger partial charge in [0.2, 0.25) is 10.0 Å². The number of aliphatic carboxylic acids is 1. The predicted octanol–water partition coefficient (Wildman–Crippen LogP) is 4.05. The van der Waals surface area contributed by atoms with Gasteiger partial charge in [0.05, 0.1) is 28.1 Å². The summed E-state index contributed by atoms with van der Waals surface area (Å²) in [4.78, 5) is 13.2. The molecule has 0 amide bonds. The molecule has 38 heavy (non-hydrogen) atoms. The molecular weight excluding hydrogens is 553 g/mol. The maximum absolute atomic E-state index is 13.0. The molecule has 2 aromatic rings. The van der Waals surface area contributed by atoms with Crippen LogP contribution >= 0.6 is 23.2 Å². The summed E-state index contributed by atoms with van der Waals surface area (Å²) in [6.07, 6.45) is 4.34. The van der Waals surface area contributed by atoms with Crippen LogP contribution in [0.15, 0.2) is 42.5 Å². The van der Waals surface area contributed by atoms with Gasteiger partial charge in [-0.1, -0.05) is 53.6 Å². The van der Waals surface area contributed by atoms with E-state index in [0.29, 0.717) is 42.9 Å². The van der Waals surface area contributed by atoms with Crippen molar-refractivity contribution in [2.75, 3.05) is 29.7 Å². The molecule has 0 unspecified atom stereocenters. The predicted molar refractivity (Wildman–Crippen MR) is 150 cm³/mol. The Morgan fingerprint density at radius 1 is 1.21 bits per heavy atom. The fourth-order valence-electron chi connectivity index (χ4n) is 3.99. The van der Waals surface area contributed by atoms with E-state index in [1.807, 2.05) is 4.90 Å². The summed E-state index contributed by atoms with van der Waals surface area (Å²) >= 11 is 12.9. The fourth-order valence-corrected chi connectivity index (χ4v) is 5.76. The number of benzene rings is 2. The number of hydrogen-bond donors (Lipinski definition) is 4. The third-order valence-corrected chi connectivity index (χ3v) is 8.10. The maximum Gasteiger partial charge on any atom is 0.320 e.